The van der Waals surface area contributed by atoms with E-state index < -0.39 is 0 Å². The quantitative estimate of drug-likeness (QED) is 0.834. The predicted molar refractivity (Wildman–Crippen MR) is 94.3 cm³/mol. The van der Waals surface area contributed by atoms with Gasteiger partial charge < -0.3 is 4.74 Å². The zero-order chi connectivity index (χ0) is 16.5. The summed E-state index contributed by atoms with van der Waals surface area (Å²) in [6, 6.07) is 16.3. The second-order valence-electron chi connectivity index (χ2n) is 6.51. The number of nitrogens with zero attached hydrogens (tertiary/aromatic N) is 2. The van der Waals surface area contributed by atoms with Gasteiger partial charge in [-0.3, -0.25) is 4.90 Å². The van der Waals surface area contributed by atoms with Crippen molar-refractivity contribution in [2.24, 2.45) is 0 Å². The highest BCUT2D eigenvalue weighted by Crippen LogP contribution is 2.39. The second-order valence-corrected chi connectivity index (χ2v) is 6.91. The van der Waals surface area contributed by atoms with E-state index in [4.69, 9.17) is 21.6 Å². The van der Waals surface area contributed by atoms with E-state index in [0.29, 0.717) is 16.6 Å². The number of rotatable bonds is 3. The van der Waals surface area contributed by atoms with Gasteiger partial charge in [-0.1, -0.05) is 35.9 Å². The molecule has 4 heteroatoms. The molecule has 24 heavy (non-hydrogen) atoms. The van der Waals surface area contributed by atoms with Crippen LogP contribution in [0.4, 0.5) is 0 Å². The number of likely N-dealkylation sites (tertiary alicyclic amines) is 1. The van der Waals surface area contributed by atoms with Crippen LogP contribution in [0.3, 0.4) is 0 Å². The van der Waals surface area contributed by atoms with Crippen LogP contribution < -0.4 is 4.74 Å². The van der Waals surface area contributed by atoms with E-state index in [2.05, 4.69) is 35.2 Å². The molecular weight excluding hydrogens is 320 g/mol. The molecule has 0 saturated carbocycles. The monoisotopic (exact) mass is 338 g/mol. The van der Waals surface area contributed by atoms with Crippen LogP contribution in [0.25, 0.3) is 0 Å². The second kappa shape index (κ2) is 6.47. The highest BCUT2D eigenvalue weighted by atomic mass is 35.5. The zero-order valence-corrected chi connectivity index (χ0v) is 14.2. The van der Waals surface area contributed by atoms with Crippen LogP contribution in [0.2, 0.25) is 5.02 Å². The molecule has 1 aliphatic heterocycles. The minimum atomic E-state index is 0.0169. The van der Waals surface area contributed by atoms with Crippen molar-refractivity contribution in [1.82, 2.24) is 4.90 Å². The zero-order valence-electron chi connectivity index (χ0n) is 13.4. The Hall–Kier alpha value is -2.02. The van der Waals surface area contributed by atoms with E-state index in [1.807, 2.05) is 6.07 Å². The predicted octanol–water partition coefficient (Wildman–Crippen LogP) is 4.35. The van der Waals surface area contributed by atoms with Gasteiger partial charge >= 0.3 is 0 Å². The smallest absolute Gasteiger partial charge is 0.140 e. The molecule has 1 heterocycles. The maximum Gasteiger partial charge on any atom is 0.140 e. The highest BCUT2D eigenvalue weighted by Gasteiger charge is 2.38. The fourth-order valence-corrected chi connectivity index (χ4v) is 4.09. The maximum absolute atomic E-state index is 9.03. The lowest BCUT2D eigenvalue weighted by atomic mass is 10.1. The lowest BCUT2D eigenvalue weighted by Gasteiger charge is -2.30. The van der Waals surface area contributed by atoms with Crippen LogP contribution >= 0.6 is 11.6 Å². The maximum atomic E-state index is 9.03. The normalized spacial score (nSPS) is 23.0. The molecule has 2 aromatic rings. The first-order chi connectivity index (χ1) is 11.8. The van der Waals surface area contributed by atoms with Gasteiger partial charge in [-0.05, 0) is 55.6 Å². The van der Waals surface area contributed by atoms with E-state index in [1.54, 1.807) is 12.1 Å². The molecule has 2 atom stereocenters. The summed E-state index contributed by atoms with van der Waals surface area (Å²) >= 11 is 6.17. The van der Waals surface area contributed by atoms with Crippen molar-refractivity contribution in [3.05, 3.63) is 64.2 Å². The summed E-state index contributed by atoms with van der Waals surface area (Å²) in [5, 5.41) is 9.47. The van der Waals surface area contributed by atoms with E-state index in [1.165, 1.54) is 24.0 Å². The molecule has 0 radical (unpaired) electrons. The first-order valence-electron chi connectivity index (χ1n) is 8.44. The van der Waals surface area contributed by atoms with Gasteiger partial charge in [0.25, 0.3) is 0 Å². The molecule has 0 amide bonds. The molecule has 0 N–H and O–H groups in total. The Morgan fingerprint density at radius 2 is 1.92 bits per heavy atom. The Morgan fingerprint density at radius 3 is 2.67 bits per heavy atom. The first kappa shape index (κ1) is 15.5. The van der Waals surface area contributed by atoms with Gasteiger partial charge in [0.15, 0.2) is 0 Å². The van der Waals surface area contributed by atoms with Crippen molar-refractivity contribution in [3.8, 4) is 11.8 Å². The molecule has 1 aliphatic carbocycles. The van der Waals surface area contributed by atoms with Gasteiger partial charge in [-0.25, -0.2) is 0 Å². The van der Waals surface area contributed by atoms with Gasteiger partial charge in [0.1, 0.15) is 17.9 Å². The number of benzene rings is 2. The minimum Gasteiger partial charge on any atom is -0.484 e. The topological polar surface area (TPSA) is 36.3 Å². The van der Waals surface area contributed by atoms with Crippen LogP contribution in [0, 0.1) is 11.3 Å². The third-order valence-electron chi connectivity index (χ3n) is 5.07. The van der Waals surface area contributed by atoms with Crippen molar-refractivity contribution in [3.63, 3.8) is 0 Å². The molecule has 0 unspecified atom stereocenters. The number of fused-ring (bicyclic) bond motifs is 1. The fourth-order valence-electron chi connectivity index (χ4n) is 3.88. The summed E-state index contributed by atoms with van der Waals surface area (Å²) in [5.41, 5.74) is 3.13. The summed E-state index contributed by atoms with van der Waals surface area (Å²) in [6.45, 7) is 2.29. The molecular formula is C20H19ClN2O. The van der Waals surface area contributed by atoms with Crippen LogP contribution in [0.15, 0.2) is 42.5 Å². The average Bonchev–Trinajstić information content (AvgIpc) is 3.23. The van der Waals surface area contributed by atoms with Gasteiger partial charge in [-0.15, -0.1) is 0 Å². The standard InChI is InChI=1S/C20H19ClN2O/c21-18-12-16(8-7-15(18)13-22)24-20-17-6-2-1-5-14(17)11-19(20)23-9-3-4-10-23/h1-2,5-8,12,19-20H,3-4,9-11H2/t19-,20-/m0/s1. The lowest BCUT2D eigenvalue weighted by Crippen LogP contribution is -2.38. The lowest BCUT2D eigenvalue weighted by molar-refractivity contribution is 0.0941. The van der Waals surface area contributed by atoms with E-state index in [9.17, 15) is 0 Å². The highest BCUT2D eigenvalue weighted by molar-refractivity contribution is 6.31. The minimum absolute atomic E-state index is 0.0169. The van der Waals surface area contributed by atoms with E-state index >= 15 is 0 Å². The number of halogens is 1. The molecule has 4 rings (SSSR count). The van der Waals surface area contributed by atoms with Crippen LogP contribution in [0.5, 0.6) is 5.75 Å². The molecule has 122 valence electrons. The van der Waals surface area contributed by atoms with Crippen LogP contribution in [-0.2, 0) is 6.42 Å². The largest absolute Gasteiger partial charge is 0.484 e. The summed E-state index contributed by atoms with van der Waals surface area (Å²) < 4.78 is 6.37. The van der Waals surface area contributed by atoms with E-state index in [-0.39, 0.29) is 6.10 Å². The molecule has 0 spiro atoms. The molecule has 3 nitrogen and oxygen atoms in total. The summed E-state index contributed by atoms with van der Waals surface area (Å²) in [6.07, 6.45) is 3.58. The summed E-state index contributed by atoms with van der Waals surface area (Å²) in [4.78, 5) is 2.55. The van der Waals surface area contributed by atoms with Crippen molar-refractivity contribution in [2.45, 2.75) is 31.4 Å². The number of hydrogen-bond acceptors (Lipinski definition) is 3. The van der Waals surface area contributed by atoms with Gasteiger partial charge in [-0.2, -0.15) is 5.26 Å². The van der Waals surface area contributed by atoms with Crippen molar-refractivity contribution in [1.29, 1.82) is 5.26 Å². The first-order valence-corrected chi connectivity index (χ1v) is 8.82. The summed E-state index contributed by atoms with van der Waals surface area (Å²) in [5.74, 6) is 0.727. The Labute approximate surface area is 147 Å². The van der Waals surface area contributed by atoms with Crippen LogP contribution in [-0.4, -0.2) is 24.0 Å². The van der Waals surface area contributed by atoms with Crippen LogP contribution in [0.1, 0.15) is 35.6 Å². The average molecular weight is 339 g/mol. The third-order valence-corrected chi connectivity index (χ3v) is 5.39. The van der Waals surface area contributed by atoms with Crippen molar-refractivity contribution < 1.29 is 4.74 Å². The fraction of sp³-hybridized carbons (Fsp3) is 0.350. The van der Waals surface area contributed by atoms with Gasteiger partial charge in [0.2, 0.25) is 0 Å². The Bertz CT molecular complexity index is 792. The molecule has 2 aromatic carbocycles. The number of ether oxygens (including phenoxy) is 1. The molecule has 1 fully saturated rings. The molecule has 1 saturated heterocycles. The Kier molecular flexibility index (Phi) is 4.18. The molecule has 0 aromatic heterocycles. The Morgan fingerprint density at radius 1 is 1.12 bits per heavy atom. The molecule has 0 bridgehead atoms. The van der Waals surface area contributed by atoms with Gasteiger partial charge in [0, 0.05) is 6.07 Å². The third kappa shape index (κ3) is 2.77. The molecule has 2 aliphatic rings. The van der Waals surface area contributed by atoms with Crippen molar-refractivity contribution >= 4 is 11.6 Å². The Balaban J connectivity index is 1.65. The summed E-state index contributed by atoms with van der Waals surface area (Å²) in [7, 11) is 0. The number of nitriles is 1. The SMILES string of the molecule is N#Cc1ccc(O[C@H]2c3ccccc3C[C@@H]2N2CCCC2)cc1Cl. The van der Waals surface area contributed by atoms with Crippen molar-refractivity contribution in [2.75, 3.05) is 13.1 Å². The number of hydrogen-bond donors (Lipinski definition) is 0. The van der Waals surface area contributed by atoms with Gasteiger partial charge in [0.05, 0.1) is 16.6 Å². The van der Waals surface area contributed by atoms with E-state index in [0.717, 1.165) is 25.3 Å².